The predicted molar refractivity (Wildman–Crippen MR) is 78.0 cm³/mol. The number of rotatable bonds is 3. The zero-order chi connectivity index (χ0) is 15.8. The number of carbonyl (C=O) groups is 3. The van der Waals surface area contributed by atoms with E-state index in [0.717, 1.165) is 0 Å². The number of aliphatic carboxylic acids is 1. The van der Waals surface area contributed by atoms with Crippen LogP contribution in [0.25, 0.3) is 0 Å². The van der Waals surface area contributed by atoms with Crippen LogP contribution in [0.15, 0.2) is 24.3 Å². The van der Waals surface area contributed by atoms with Gasteiger partial charge in [0.1, 0.15) is 0 Å². The van der Waals surface area contributed by atoms with Crippen LogP contribution >= 0.6 is 0 Å². The first-order chi connectivity index (χ1) is 9.73. The monoisotopic (exact) mass is 289 g/mol. The van der Waals surface area contributed by atoms with E-state index < -0.39 is 11.4 Å². The minimum Gasteiger partial charge on any atom is -0.481 e. The summed E-state index contributed by atoms with van der Waals surface area (Å²) in [5.41, 5.74) is 0.119. The first-order valence-corrected chi connectivity index (χ1v) is 6.93. The Morgan fingerprint density at radius 1 is 1.14 bits per heavy atom. The van der Waals surface area contributed by atoms with E-state index in [0.29, 0.717) is 24.1 Å². The van der Waals surface area contributed by atoms with Gasteiger partial charge in [-0.3, -0.25) is 19.3 Å². The van der Waals surface area contributed by atoms with Crippen molar-refractivity contribution in [2.75, 3.05) is 4.90 Å². The Morgan fingerprint density at radius 3 is 2.05 bits per heavy atom. The molecule has 0 atom stereocenters. The Balaban J connectivity index is 2.29. The molecule has 0 radical (unpaired) electrons. The van der Waals surface area contributed by atoms with E-state index in [-0.39, 0.29) is 17.7 Å². The molecular formula is C16H19NO4. The van der Waals surface area contributed by atoms with Crippen LogP contribution in [0.1, 0.15) is 39.2 Å². The molecule has 0 saturated carbocycles. The molecule has 1 saturated heterocycles. The highest BCUT2D eigenvalue weighted by atomic mass is 16.4. The SMILES string of the molecule is CC1CC(=O)N(c2ccc(C(C)(C)C(=O)O)cc2)C(=O)C1. The Morgan fingerprint density at radius 2 is 1.62 bits per heavy atom. The molecule has 112 valence electrons. The maximum absolute atomic E-state index is 12.0. The summed E-state index contributed by atoms with van der Waals surface area (Å²) in [5.74, 6) is -1.26. The maximum atomic E-state index is 12.0. The summed E-state index contributed by atoms with van der Waals surface area (Å²) < 4.78 is 0. The zero-order valence-electron chi connectivity index (χ0n) is 12.4. The number of carboxylic acid groups (broad SMARTS) is 1. The molecular weight excluding hydrogens is 270 g/mol. The molecule has 1 aliphatic heterocycles. The molecule has 0 aliphatic carbocycles. The molecule has 1 fully saturated rings. The molecule has 2 rings (SSSR count). The molecule has 1 N–H and O–H groups in total. The van der Waals surface area contributed by atoms with Gasteiger partial charge in [-0.2, -0.15) is 0 Å². The third-order valence-electron chi connectivity index (χ3n) is 3.93. The summed E-state index contributed by atoms with van der Waals surface area (Å²) in [7, 11) is 0. The summed E-state index contributed by atoms with van der Waals surface area (Å²) in [6.07, 6.45) is 0.711. The number of hydrogen-bond acceptors (Lipinski definition) is 3. The number of hydrogen-bond donors (Lipinski definition) is 1. The molecule has 1 aromatic rings. The van der Waals surface area contributed by atoms with E-state index in [9.17, 15) is 19.5 Å². The lowest BCUT2D eigenvalue weighted by molar-refractivity contribution is -0.142. The van der Waals surface area contributed by atoms with E-state index in [2.05, 4.69) is 0 Å². The van der Waals surface area contributed by atoms with Crippen LogP contribution in [-0.2, 0) is 19.8 Å². The van der Waals surface area contributed by atoms with Crippen molar-refractivity contribution >= 4 is 23.5 Å². The molecule has 0 spiro atoms. The van der Waals surface area contributed by atoms with Crippen LogP contribution in [0.2, 0.25) is 0 Å². The van der Waals surface area contributed by atoms with E-state index in [1.54, 1.807) is 38.1 Å². The fourth-order valence-corrected chi connectivity index (χ4v) is 2.43. The van der Waals surface area contributed by atoms with Gasteiger partial charge in [0, 0.05) is 12.8 Å². The minimum absolute atomic E-state index is 0.0754. The lowest BCUT2D eigenvalue weighted by atomic mass is 9.84. The third kappa shape index (κ3) is 2.82. The highest BCUT2D eigenvalue weighted by Gasteiger charge is 2.33. The van der Waals surface area contributed by atoms with Gasteiger partial charge in [0.05, 0.1) is 11.1 Å². The van der Waals surface area contributed by atoms with Crippen molar-refractivity contribution in [3.63, 3.8) is 0 Å². The van der Waals surface area contributed by atoms with E-state index in [1.165, 1.54) is 4.90 Å². The second kappa shape index (κ2) is 5.31. The largest absolute Gasteiger partial charge is 0.481 e. The molecule has 2 amide bonds. The van der Waals surface area contributed by atoms with Gasteiger partial charge in [0.15, 0.2) is 0 Å². The Bertz CT molecular complexity index is 571. The van der Waals surface area contributed by atoms with E-state index in [1.807, 2.05) is 6.92 Å². The molecule has 5 heteroatoms. The van der Waals surface area contributed by atoms with Crippen molar-refractivity contribution in [3.05, 3.63) is 29.8 Å². The fourth-order valence-electron chi connectivity index (χ4n) is 2.43. The van der Waals surface area contributed by atoms with Crippen molar-refractivity contribution in [3.8, 4) is 0 Å². The highest BCUT2D eigenvalue weighted by molar-refractivity contribution is 6.16. The van der Waals surface area contributed by atoms with Crippen LogP contribution in [-0.4, -0.2) is 22.9 Å². The lowest BCUT2D eigenvalue weighted by Crippen LogP contribution is -2.42. The van der Waals surface area contributed by atoms with Crippen LogP contribution in [0.4, 0.5) is 5.69 Å². The lowest BCUT2D eigenvalue weighted by Gasteiger charge is -2.29. The van der Waals surface area contributed by atoms with Crippen molar-refractivity contribution < 1.29 is 19.5 Å². The van der Waals surface area contributed by atoms with Gasteiger partial charge in [-0.25, -0.2) is 0 Å². The smallest absolute Gasteiger partial charge is 0.313 e. The maximum Gasteiger partial charge on any atom is 0.313 e. The standard InChI is InChI=1S/C16H19NO4/c1-10-8-13(18)17(14(19)9-10)12-6-4-11(5-7-12)16(2,3)15(20)21/h4-7,10H,8-9H2,1-3H3,(H,20,21). The summed E-state index contributed by atoms with van der Waals surface area (Å²) >= 11 is 0. The normalized spacial score (nSPS) is 17.2. The van der Waals surface area contributed by atoms with Crippen molar-refractivity contribution in [1.82, 2.24) is 0 Å². The third-order valence-corrected chi connectivity index (χ3v) is 3.93. The number of imide groups is 1. The summed E-state index contributed by atoms with van der Waals surface area (Å²) in [4.78, 5) is 36.5. The Kier molecular flexibility index (Phi) is 3.85. The minimum atomic E-state index is -1.01. The Hall–Kier alpha value is -2.17. The van der Waals surface area contributed by atoms with Gasteiger partial charge in [-0.05, 0) is 37.5 Å². The number of carboxylic acids is 1. The van der Waals surface area contributed by atoms with Crippen LogP contribution in [0.3, 0.4) is 0 Å². The number of nitrogens with zero attached hydrogens (tertiary/aromatic N) is 1. The second-order valence-corrected chi connectivity index (χ2v) is 6.11. The van der Waals surface area contributed by atoms with Crippen LogP contribution in [0.5, 0.6) is 0 Å². The van der Waals surface area contributed by atoms with Crippen LogP contribution < -0.4 is 4.90 Å². The highest BCUT2D eigenvalue weighted by Crippen LogP contribution is 2.29. The predicted octanol–water partition coefficient (Wildman–Crippen LogP) is 2.34. The second-order valence-electron chi connectivity index (χ2n) is 6.11. The van der Waals surface area contributed by atoms with Crippen molar-refractivity contribution in [2.24, 2.45) is 5.92 Å². The first-order valence-electron chi connectivity index (χ1n) is 6.93. The van der Waals surface area contributed by atoms with Crippen molar-refractivity contribution in [2.45, 2.75) is 39.0 Å². The number of piperidine rings is 1. The van der Waals surface area contributed by atoms with Gasteiger partial charge in [0.2, 0.25) is 11.8 Å². The van der Waals surface area contributed by atoms with Crippen molar-refractivity contribution in [1.29, 1.82) is 0 Å². The van der Waals surface area contributed by atoms with Gasteiger partial charge < -0.3 is 5.11 Å². The topological polar surface area (TPSA) is 74.7 Å². The van der Waals surface area contributed by atoms with E-state index >= 15 is 0 Å². The van der Waals surface area contributed by atoms with Gasteiger partial charge in [-0.1, -0.05) is 19.1 Å². The molecule has 1 aliphatic rings. The quantitative estimate of drug-likeness (QED) is 0.867. The van der Waals surface area contributed by atoms with Gasteiger partial charge >= 0.3 is 5.97 Å². The van der Waals surface area contributed by atoms with Crippen LogP contribution in [0, 0.1) is 5.92 Å². The molecule has 0 bridgehead atoms. The Labute approximate surface area is 123 Å². The molecule has 0 unspecified atom stereocenters. The average molecular weight is 289 g/mol. The molecule has 21 heavy (non-hydrogen) atoms. The first kappa shape index (κ1) is 15.2. The summed E-state index contributed by atoms with van der Waals surface area (Å²) in [6.45, 7) is 5.11. The molecule has 5 nitrogen and oxygen atoms in total. The molecule has 1 aromatic carbocycles. The van der Waals surface area contributed by atoms with Gasteiger partial charge in [-0.15, -0.1) is 0 Å². The summed E-state index contributed by atoms with van der Waals surface area (Å²) in [5, 5.41) is 9.21. The number of benzene rings is 1. The summed E-state index contributed by atoms with van der Waals surface area (Å²) in [6, 6.07) is 6.57. The number of carbonyl (C=O) groups excluding carboxylic acids is 2. The average Bonchev–Trinajstić information content (AvgIpc) is 2.38. The molecule has 1 heterocycles. The zero-order valence-corrected chi connectivity index (χ0v) is 12.4. The van der Waals surface area contributed by atoms with Gasteiger partial charge in [0.25, 0.3) is 0 Å². The fraction of sp³-hybridized carbons (Fsp3) is 0.438. The van der Waals surface area contributed by atoms with E-state index in [4.69, 9.17) is 0 Å². The molecule has 0 aromatic heterocycles. The number of anilines is 1. The number of amides is 2.